The Morgan fingerprint density at radius 2 is 0.717 bits per heavy atom. The Labute approximate surface area is 305 Å². The first-order valence-electron chi connectivity index (χ1n) is 17.6. The van der Waals surface area contributed by atoms with Crippen LogP contribution in [-0.4, -0.2) is 29.3 Å². The molecule has 10 aromatic rings. The molecule has 53 heavy (non-hydrogen) atoms. The van der Waals surface area contributed by atoms with Gasteiger partial charge in [0, 0.05) is 39.2 Å². The van der Waals surface area contributed by atoms with Crippen LogP contribution in [0.5, 0.6) is 0 Å². The SMILES string of the molecule is c1ccc(-c2ccc(-c3nc(-c4ccc(-c5ccccc5)cc4)nc(-c4ccc(-c5nc6c(nc7ccccn76)c6ccccc56)cc4)n3)cc2)cc1. The van der Waals surface area contributed by atoms with Gasteiger partial charge in [-0.1, -0.05) is 164 Å². The summed E-state index contributed by atoms with van der Waals surface area (Å²) < 4.78 is 2.05. The number of fused-ring (bicyclic) bond motifs is 5. The Hall–Kier alpha value is -7.31. The van der Waals surface area contributed by atoms with Crippen LogP contribution in [0.25, 0.3) is 95.3 Å². The molecule has 0 radical (unpaired) electrons. The van der Waals surface area contributed by atoms with Crippen LogP contribution in [0.4, 0.5) is 0 Å². The minimum atomic E-state index is 0.603. The first-order chi connectivity index (χ1) is 26.2. The Balaban J connectivity index is 1.07. The van der Waals surface area contributed by atoms with Gasteiger partial charge < -0.3 is 0 Å². The number of hydrogen-bond donors (Lipinski definition) is 0. The Bertz CT molecular complexity index is 2800. The highest BCUT2D eigenvalue weighted by Gasteiger charge is 2.17. The molecule has 0 atom stereocenters. The number of hydrogen-bond acceptors (Lipinski definition) is 5. The van der Waals surface area contributed by atoms with Gasteiger partial charge in [0.15, 0.2) is 23.1 Å². The lowest BCUT2D eigenvalue weighted by Crippen LogP contribution is -2.00. The summed E-state index contributed by atoms with van der Waals surface area (Å²) in [5.74, 6) is 1.84. The maximum Gasteiger partial charge on any atom is 0.165 e. The lowest BCUT2D eigenvalue weighted by atomic mass is 10.0. The van der Waals surface area contributed by atoms with Crippen molar-refractivity contribution in [3.8, 4) is 67.7 Å². The van der Waals surface area contributed by atoms with Crippen molar-refractivity contribution in [3.05, 3.63) is 182 Å². The van der Waals surface area contributed by atoms with Gasteiger partial charge in [-0.05, 0) is 34.4 Å². The zero-order valence-electron chi connectivity index (χ0n) is 28.5. The number of rotatable bonds is 6. The van der Waals surface area contributed by atoms with E-state index in [2.05, 4.69) is 146 Å². The third kappa shape index (κ3) is 5.59. The van der Waals surface area contributed by atoms with Crippen LogP contribution in [0.15, 0.2) is 182 Å². The molecular weight excluding hydrogens is 649 g/mol. The van der Waals surface area contributed by atoms with Gasteiger partial charge in [-0.2, -0.15) is 0 Å². The minimum absolute atomic E-state index is 0.603. The van der Waals surface area contributed by atoms with E-state index >= 15 is 0 Å². The molecule has 6 nitrogen and oxygen atoms in total. The number of aromatic nitrogens is 6. The van der Waals surface area contributed by atoms with Crippen molar-refractivity contribution in [2.75, 3.05) is 0 Å². The smallest absolute Gasteiger partial charge is 0.165 e. The van der Waals surface area contributed by atoms with E-state index in [1.807, 2.05) is 40.9 Å². The average Bonchev–Trinajstić information content (AvgIpc) is 3.63. The molecule has 0 saturated carbocycles. The average molecular weight is 679 g/mol. The number of nitrogens with zero attached hydrogens (tertiary/aromatic N) is 6. The molecule has 248 valence electrons. The van der Waals surface area contributed by atoms with E-state index in [0.717, 1.165) is 77.8 Å². The molecule has 0 bridgehead atoms. The second kappa shape index (κ2) is 12.8. The van der Waals surface area contributed by atoms with E-state index in [1.165, 1.54) is 0 Å². The topological polar surface area (TPSA) is 68.9 Å². The summed E-state index contributed by atoms with van der Waals surface area (Å²) in [7, 11) is 0. The van der Waals surface area contributed by atoms with Gasteiger partial charge in [-0.25, -0.2) is 24.9 Å². The molecule has 0 aliphatic rings. The molecule has 0 spiro atoms. The molecule has 0 amide bonds. The van der Waals surface area contributed by atoms with Gasteiger partial charge in [0.25, 0.3) is 0 Å². The second-order valence-electron chi connectivity index (χ2n) is 13.0. The summed E-state index contributed by atoms with van der Waals surface area (Å²) in [4.78, 5) is 25.2. The Morgan fingerprint density at radius 3 is 1.25 bits per heavy atom. The summed E-state index contributed by atoms with van der Waals surface area (Å²) in [5.41, 5.74) is 11.8. The fourth-order valence-electron chi connectivity index (χ4n) is 6.98. The predicted octanol–water partition coefficient (Wildman–Crippen LogP) is 11.2. The van der Waals surface area contributed by atoms with Crippen LogP contribution >= 0.6 is 0 Å². The molecule has 0 unspecified atom stereocenters. The summed E-state index contributed by atoms with van der Waals surface area (Å²) >= 11 is 0. The van der Waals surface area contributed by atoms with Crippen LogP contribution in [0, 0.1) is 0 Å². The van der Waals surface area contributed by atoms with E-state index in [-0.39, 0.29) is 0 Å². The van der Waals surface area contributed by atoms with Crippen LogP contribution in [0.1, 0.15) is 0 Å². The molecule has 10 rings (SSSR count). The molecular formula is C47H30N6. The fraction of sp³-hybridized carbons (Fsp3) is 0. The zero-order chi connectivity index (χ0) is 35.1. The van der Waals surface area contributed by atoms with Crippen molar-refractivity contribution in [1.29, 1.82) is 0 Å². The van der Waals surface area contributed by atoms with Gasteiger partial charge in [0.1, 0.15) is 11.2 Å². The van der Waals surface area contributed by atoms with Crippen molar-refractivity contribution >= 4 is 27.6 Å². The molecule has 4 heterocycles. The molecule has 6 heteroatoms. The third-order valence-electron chi connectivity index (χ3n) is 9.71. The van der Waals surface area contributed by atoms with Crippen LogP contribution < -0.4 is 0 Å². The summed E-state index contributed by atoms with van der Waals surface area (Å²) in [6, 6.07) is 60.3. The lowest BCUT2D eigenvalue weighted by Gasteiger charge is -2.11. The van der Waals surface area contributed by atoms with Crippen molar-refractivity contribution < 1.29 is 0 Å². The first-order valence-corrected chi connectivity index (χ1v) is 17.6. The first kappa shape index (κ1) is 30.5. The standard InChI is InChI=1S/C47H30N6/c1-3-11-31(12-4-1)33-18-24-36(25-19-33)44-50-45(37-26-20-34(21-27-37)32-13-5-2-6-14-32)52-46(51-44)38-28-22-35(23-29-38)42-39-15-7-8-16-40(39)43-47(49-42)53-30-10-9-17-41(53)48-43/h1-30H. The third-order valence-corrected chi connectivity index (χ3v) is 9.71. The summed E-state index contributed by atoms with van der Waals surface area (Å²) in [5, 5.41) is 2.13. The molecule has 0 fully saturated rings. The maximum absolute atomic E-state index is 5.19. The maximum atomic E-state index is 5.19. The van der Waals surface area contributed by atoms with Gasteiger partial charge in [0.2, 0.25) is 0 Å². The molecule has 0 aliphatic carbocycles. The molecule has 4 aromatic heterocycles. The second-order valence-corrected chi connectivity index (χ2v) is 13.0. The molecule has 0 aliphatic heterocycles. The largest absolute Gasteiger partial charge is 0.284 e. The summed E-state index contributed by atoms with van der Waals surface area (Å²) in [6.45, 7) is 0. The number of pyridine rings is 2. The monoisotopic (exact) mass is 678 g/mol. The Morgan fingerprint density at radius 1 is 0.302 bits per heavy atom. The van der Waals surface area contributed by atoms with E-state index in [4.69, 9.17) is 24.9 Å². The number of imidazole rings is 1. The van der Waals surface area contributed by atoms with Crippen molar-refractivity contribution in [2.45, 2.75) is 0 Å². The predicted molar refractivity (Wildman–Crippen MR) is 214 cm³/mol. The molecule has 6 aromatic carbocycles. The van der Waals surface area contributed by atoms with E-state index in [9.17, 15) is 0 Å². The van der Waals surface area contributed by atoms with Gasteiger partial charge in [0.05, 0.1) is 5.69 Å². The van der Waals surface area contributed by atoms with Crippen LogP contribution in [-0.2, 0) is 0 Å². The van der Waals surface area contributed by atoms with Crippen LogP contribution in [0.2, 0.25) is 0 Å². The highest BCUT2D eigenvalue weighted by molar-refractivity contribution is 6.09. The van der Waals surface area contributed by atoms with E-state index < -0.39 is 0 Å². The van der Waals surface area contributed by atoms with Crippen molar-refractivity contribution in [3.63, 3.8) is 0 Å². The minimum Gasteiger partial charge on any atom is -0.284 e. The Kier molecular flexibility index (Phi) is 7.36. The van der Waals surface area contributed by atoms with Crippen molar-refractivity contribution in [1.82, 2.24) is 29.3 Å². The van der Waals surface area contributed by atoms with Gasteiger partial charge in [-0.3, -0.25) is 4.40 Å². The number of benzene rings is 6. The highest BCUT2D eigenvalue weighted by Crippen LogP contribution is 2.34. The lowest BCUT2D eigenvalue weighted by molar-refractivity contribution is 1.07. The zero-order valence-corrected chi connectivity index (χ0v) is 28.5. The van der Waals surface area contributed by atoms with Gasteiger partial charge >= 0.3 is 0 Å². The van der Waals surface area contributed by atoms with Gasteiger partial charge in [-0.15, -0.1) is 0 Å². The molecule has 0 N–H and O–H groups in total. The van der Waals surface area contributed by atoms with Crippen molar-refractivity contribution in [2.24, 2.45) is 0 Å². The molecule has 0 saturated heterocycles. The highest BCUT2D eigenvalue weighted by atomic mass is 15.1. The van der Waals surface area contributed by atoms with E-state index in [1.54, 1.807) is 0 Å². The van der Waals surface area contributed by atoms with E-state index in [0.29, 0.717) is 17.5 Å². The summed E-state index contributed by atoms with van der Waals surface area (Å²) in [6.07, 6.45) is 2.01. The normalized spacial score (nSPS) is 11.4. The van der Waals surface area contributed by atoms with Crippen LogP contribution in [0.3, 0.4) is 0 Å². The quantitative estimate of drug-likeness (QED) is 0.175. The fourth-order valence-corrected chi connectivity index (χ4v) is 6.98.